The molecular weight excluding hydrogens is 234 g/mol. The number of carbonyl (C=O) groups excluding carboxylic acids is 1. The summed E-state index contributed by atoms with van der Waals surface area (Å²) in [4.78, 5) is 11.5. The van der Waals surface area contributed by atoms with Crippen molar-refractivity contribution in [3.05, 3.63) is 34.9 Å². The first-order chi connectivity index (χ1) is 7.99. The molecule has 2 nitrogen and oxygen atoms in total. The van der Waals surface area contributed by atoms with Crippen molar-refractivity contribution in [2.45, 2.75) is 33.1 Å². The Morgan fingerprint density at radius 1 is 1.24 bits per heavy atom. The second-order valence-electron chi connectivity index (χ2n) is 4.85. The molecule has 0 radical (unpaired) electrons. The van der Waals surface area contributed by atoms with Gasteiger partial charge in [0, 0.05) is 18.0 Å². The number of halogens is 1. The highest BCUT2D eigenvalue weighted by Crippen LogP contribution is 2.17. The maximum Gasteiger partial charge on any atom is 0.220 e. The summed E-state index contributed by atoms with van der Waals surface area (Å²) in [7, 11) is 0. The predicted octanol–water partition coefficient (Wildman–Crippen LogP) is 3.61. The Morgan fingerprint density at radius 2 is 1.82 bits per heavy atom. The molecule has 3 heteroatoms. The lowest BCUT2D eigenvalue weighted by molar-refractivity contribution is -0.121. The molecule has 0 bridgehead atoms. The van der Waals surface area contributed by atoms with Crippen LogP contribution in [0.4, 0.5) is 0 Å². The van der Waals surface area contributed by atoms with E-state index >= 15 is 0 Å². The smallest absolute Gasteiger partial charge is 0.220 e. The molecule has 1 N–H and O–H groups in total. The number of amides is 1. The summed E-state index contributed by atoms with van der Waals surface area (Å²) in [6, 6.07) is 7.76. The third-order valence-electron chi connectivity index (χ3n) is 2.64. The van der Waals surface area contributed by atoms with Crippen molar-refractivity contribution in [2.24, 2.45) is 5.92 Å². The molecule has 17 heavy (non-hydrogen) atoms. The van der Waals surface area contributed by atoms with Crippen molar-refractivity contribution >= 4 is 17.5 Å². The average Bonchev–Trinajstić information content (AvgIpc) is 2.26. The highest BCUT2D eigenvalue weighted by Gasteiger charge is 2.08. The van der Waals surface area contributed by atoms with Crippen LogP contribution in [0.2, 0.25) is 5.02 Å². The highest BCUT2D eigenvalue weighted by molar-refractivity contribution is 6.30. The fraction of sp³-hybridized carbons (Fsp3) is 0.500. The van der Waals surface area contributed by atoms with Crippen LogP contribution in [0.1, 0.15) is 38.7 Å². The van der Waals surface area contributed by atoms with Crippen molar-refractivity contribution in [3.63, 3.8) is 0 Å². The molecule has 0 heterocycles. The van der Waals surface area contributed by atoms with E-state index in [1.54, 1.807) is 0 Å². The van der Waals surface area contributed by atoms with E-state index in [4.69, 9.17) is 11.6 Å². The highest BCUT2D eigenvalue weighted by atomic mass is 35.5. The predicted molar refractivity (Wildman–Crippen MR) is 72.3 cm³/mol. The van der Waals surface area contributed by atoms with Gasteiger partial charge >= 0.3 is 0 Å². The minimum atomic E-state index is 0.126. The summed E-state index contributed by atoms with van der Waals surface area (Å²) in [5.41, 5.74) is 1.19. The van der Waals surface area contributed by atoms with Crippen molar-refractivity contribution in [1.29, 1.82) is 0 Å². The quantitative estimate of drug-likeness (QED) is 0.854. The molecule has 1 aromatic carbocycles. The fourth-order valence-electron chi connectivity index (χ4n) is 1.62. The molecule has 0 saturated carbocycles. The molecule has 0 aliphatic carbocycles. The van der Waals surface area contributed by atoms with Crippen LogP contribution in [0.3, 0.4) is 0 Å². The molecule has 0 aliphatic heterocycles. The van der Waals surface area contributed by atoms with Gasteiger partial charge in [-0.25, -0.2) is 0 Å². The van der Waals surface area contributed by atoms with Crippen LogP contribution in [0.25, 0.3) is 0 Å². The maximum atomic E-state index is 11.5. The molecule has 94 valence electrons. The molecule has 0 fully saturated rings. The second kappa shape index (κ2) is 6.65. The Kier molecular flexibility index (Phi) is 5.49. The topological polar surface area (TPSA) is 29.1 Å². The van der Waals surface area contributed by atoms with E-state index in [2.05, 4.69) is 12.2 Å². The third kappa shape index (κ3) is 5.22. The van der Waals surface area contributed by atoms with Crippen LogP contribution < -0.4 is 5.32 Å². The zero-order valence-electron chi connectivity index (χ0n) is 10.7. The van der Waals surface area contributed by atoms with Gasteiger partial charge in [0.05, 0.1) is 0 Å². The lowest BCUT2D eigenvalue weighted by Gasteiger charge is -2.14. The summed E-state index contributed by atoms with van der Waals surface area (Å²) in [6.45, 7) is 6.86. The lowest BCUT2D eigenvalue weighted by atomic mass is 10.0. The monoisotopic (exact) mass is 253 g/mol. The van der Waals surface area contributed by atoms with Crippen molar-refractivity contribution in [1.82, 2.24) is 5.32 Å². The van der Waals surface area contributed by atoms with Gasteiger partial charge in [-0.1, -0.05) is 44.5 Å². The van der Waals surface area contributed by atoms with Crippen molar-refractivity contribution < 1.29 is 4.79 Å². The van der Waals surface area contributed by atoms with Gasteiger partial charge in [-0.15, -0.1) is 0 Å². The van der Waals surface area contributed by atoms with Gasteiger partial charge in [0.25, 0.3) is 0 Å². The van der Waals surface area contributed by atoms with Crippen LogP contribution >= 0.6 is 11.6 Å². The molecule has 0 aliphatic rings. The Bertz CT molecular complexity index is 359. The van der Waals surface area contributed by atoms with Crippen molar-refractivity contribution in [2.75, 3.05) is 6.54 Å². The summed E-state index contributed by atoms with van der Waals surface area (Å²) in [5, 5.41) is 3.70. The minimum absolute atomic E-state index is 0.126. The minimum Gasteiger partial charge on any atom is -0.355 e. The van der Waals surface area contributed by atoms with Gasteiger partial charge in [-0.2, -0.15) is 0 Å². The summed E-state index contributed by atoms with van der Waals surface area (Å²) >= 11 is 5.83. The maximum absolute atomic E-state index is 11.5. The number of hydrogen-bond donors (Lipinski definition) is 1. The summed E-state index contributed by atoms with van der Waals surface area (Å²) in [5.74, 6) is 0.838. The first kappa shape index (κ1) is 14.0. The lowest BCUT2D eigenvalue weighted by Crippen LogP contribution is -2.28. The molecule has 0 saturated heterocycles. The Hall–Kier alpha value is -1.02. The Balaban J connectivity index is 2.42. The Labute approximate surface area is 108 Å². The zero-order valence-corrected chi connectivity index (χ0v) is 11.4. The largest absolute Gasteiger partial charge is 0.355 e. The van der Waals surface area contributed by atoms with Crippen molar-refractivity contribution in [3.8, 4) is 0 Å². The molecule has 1 rings (SSSR count). The zero-order chi connectivity index (χ0) is 12.8. The van der Waals surface area contributed by atoms with Gasteiger partial charge in [0.15, 0.2) is 0 Å². The van der Waals surface area contributed by atoms with Crippen LogP contribution in [-0.2, 0) is 4.79 Å². The van der Waals surface area contributed by atoms with Crippen LogP contribution in [0, 0.1) is 5.92 Å². The van der Waals surface area contributed by atoms with E-state index in [-0.39, 0.29) is 5.91 Å². The second-order valence-corrected chi connectivity index (χ2v) is 5.29. The normalized spacial score (nSPS) is 12.5. The number of benzene rings is 1. The van der Waals surface area contributed by atoms with E-state index in [1.165, 1.54) is 5.56 Å². The first-order valence-corrected chi connectivity index (χ1v) is 6.39. The van der Waals surface area contributed by atoms with Crippen LogP contribution in [0.5, 0.6) is 0 Å². The molecule has 1 atom stereocenters. The first-order valence-electron chi connectivity index (χ1n) is 6.01. The number of carbonyl (C=O) groups is 1. The number of rotatable bonds is 5. The summed E-state index contributed by atoms with van der Waals surface area (Å²) in [6.07, 6.45) is 0.591. The SMILES string of the molecule is CC(C)CC(=O)NCC(C)c1ccc(Cl)cc1. The molecule has 1 aromatic rings. The van der Waals surface area contributed by atoms with Crippen LogP contribution in [-0.4, -0.2) is 12.5 Å². The van der Waals surface area contributed by atoms with Crippen LogP contribution in [0.15, 0.2) is 24.3 Å². The van der Waals surface area contributed by atoms with Gasteiger partial charge in [-0.05, 0) is 29.5 Å². The van der Waals surface area contributed by atoms with Gasteiger partial charge in [-0.3, -0.25) is 4.79 Å². The number of nitrogens with one attached hydrogen (secondary N) is 1. The molecule has 0 aromatic heterocycles. The molecule has 1 unspecified atom stereocenters. The third-order valence-corrected chi connectivity index (χ3v) is 2.89. The standard InChI is InChI=1S/C14H20ClNO/c1-10(2)8-14(17)16-9-11(3)12-4-6-13(15)7-5-12/h4-7,10-11H,8-9H2,1-3H3,(H,16,17). The number of hydrogen-bond acceptors (Lipinski definition) is 1. The van der Waals surface area contributed by atoms with E-state index in [1.807, 2.05) is 38.1 Å². The Morgan fingerprint density at radius 3 is 2.35 bits per heavy atom. The van der Waals surface area contributed by atoms with Gasteiger partial charge in [0.2, 0.25) is 5.91 Å². The molecule has 0 spiro atoms. The van der Waals surface area contributed by atoms with Gasteiger partial charge < -0.3 is 5.32 Å². The fourth-order valence-corrected chi connectivity index (χ4v) is 1.75. The average molecular weight is 254 g/mol. The van der Waals surface area contributed by atoms with Gasteiger partial charge in [0.1, 0.15) is 0 Å². The summed E-state index contributed by atoms with van der Waals surface area (Å²) < 4.78 is 0. The van der Waals surface area contributed by atoms with E-state index in [0.29, 0.717) is 24.8 Å². The van der Waals surface area contributed by atoms with E-state index in [9.17, 15) is 4.79 Å². The van der Waals surface area contributed by atoms with E-state index in [0.717, 1.165) is 5.02 Å². The molecule has 1 amide bonds. The molecular formula is C14H20ClNO. The van der Waals surface area contributed by atoms with E-state index < -0.39 is 0 Å².